The maximum absolute atomic E-state index is 11.5. The predicted octanol–water partition coefficient (Wildman–Crippen LogP) is 1.89. The van der Waals surface area contributed by atoms with E-state index in [4.69, 9.17) is 10.00 Å². The molecule has 1 aromatic carbocycles. The van der Waals surface area contributed by atoms with Crippen LogP contribution in [0.2, 0.25) is 0 Å². The Labute approximate surface area is 127 Å². The molecule has 0 aliphatic heterocycles. The van der Waals surface area contributed by atoms with Gasteiger partial charge in [-0.2, -0.15) is 5.26 Å². The lowest BCUT2D eigenvalue weighted by Crippen LogP contribution is -2.29. The van der Waals surface area contributed by atoms with Crippen molar-refractivity contribution in [3.8, 4) is 11.8 Å². The van der Waals surface area contributed by atoms with Gasteiger partial charge < -0.3 is 15.4 Å². The van der Waals surface area contributed by atoms with Gasteiger partial charge in [-0.25, -0.2) is 0 Å². The number of hydrogen-bond acceptors (Lipinski definition) is 4. The minimum Gasteiger partial charge on any atom is -0.483 e. The first-order valence-electron chi connectivity index (χ1n) is 6.34. The first-order valence-corrected chi connectivity index (χ1v) is 7.14. The molecule has 0 aliphatic rings. The highest BCUT2D eigenvalue weighted by Gasteiger charge is 2.11. The van der Waals surface area contributed by atoms with Gasteiger partial charge >= 0.3 is 0 Å². The molecule has 2 N–H and O–H groups in total. The number of hydrogen-bond donors (Lipinski definition) is 2. The molecular weight excluding hydrogens is 322 g/mol. The molecule has 0 saturated heterocycles. The number of carbonyl (C=O) groups excluding carboxylic acids is 1. The number of rotatable bonds is 7. The Morgan fingerprint density at radius 3 is 2.90 bits per heavy atom. The minimum absolute atomic E-state index is 0.00817. The summed E-state index contributed by atoms with van der Waals surface area (Å²) in [5, 5.41) is 14.1. The second-order valence-corrected chi connectivity index (χ2v) is 5.13. The smallest absolute Gasteiger partial charge is 0.258 e. The van der Waals surface area contributed by atoms with Crippen LogP contribution in [-0.2, 0) is 11.3 Å². The summed E-state index contributed by atoms with van der Waals surface area (Å²) in [6.45, 7) is 5.39. The van der Waals surface area contributed by atoms with Crippen LogP contribution in [0, 0.1) is 18.3 Å². The van der Waals surface area contributed by atoms with Crippen LogP contribution >= 0.6 is 15.9 Å². The van der Waals surface area contributed by atoms with Gasteiger partial charge in [0.25, 0.3) is 5.91 Å². The van der Waals surface area contributed by atoms with E-state index in [1.165, 1.54) is 0 Å². The molecule has 0 spiro atoms. The highest BCUT2D eigenvalue weighted by molar-refractivity contribution is 9.10. The maximum Gasteiger partial charge on any atom is 0.258 e. The number of carbonyl (C=O) groups is 1. The van der Waals surface area contributed by atoms with Crippen LogP contribution in [0.5, 0.6) is 5.75 Å². The molecule has 0 atom stereocenters. The molecule has 5 nitrogen and oxygen atoms in total. The fraction of sp³-hybridized carbons (Fsp3) is 0.429. The van der Waals surface area contributed by atoms with Crippen LogP contribution in [0.4, 0.5) is 0 Å². The summed E-state index contributed by atoms with van der Waals surface area (Å²) in [4.78, 5) is 11.5. The second kappa shape index (κ2) is 8.56. The van der Waals surface area contributed by atoms with E-state index in [1.807, 2.05) is 32.0 Å². The minimum atomic E-state index is -0.303. The van der Waals surface area contributed by atoms with Crippen LogP contribution in [-0.4, -0.2) is 25.6 Å². The van der Waals surface area contributed by atoms with Gasteiger partial charge in [0.1, 0.15) is 12.3 Å². The lowest BCUT2D eigenvalue weighted by molar-refractivity contribution is -0.122. The van der Waals surface area contributed by atoms with Crippen LogP contribution in [0.15, 0.2) is 16.6 Å². The molecule has 108 valence electrons. The Balaban J connectivity index is 2.77. The van der Waals surface area contributed by atoms with Crippen LogP contribution in [0.25, 0.3) is 0 Å². The lowest BCUT2D eigenvalue weighted by Gasteiger charge is -2.15. The Bertz CT molecular complexity index is 512. The van der Waals surface area contributed by atoms with Gasteiger partial charge in [0.05, 0.1) is 6.07 Å². The zero-order chi connectivity index (χ0) is 15.0. The van der Waals surface area contributed by atoms with Crippen molar-refractivity contribution in [2.45, 2.75) is 20.4 Å². The van der Waals surface area contributed by atoms with Crippen molar-refractivity contribution < 1.29 is 9.53 Å². The average Bonchev–Trinajstić information content (AvgIpc) is 2.41. The summed E-state index contributed by atoms with van der Waals surface area (Å²) in [5.41, 5.74) is 1.95. The Morgan fingerprint density at radius 2 is 2.25 bits per heavy atom. The Hall–Kier alpha value is -1.58. The summed E-state index contributed by atoms with van der Waals surface area (Å²) in [5.74, 6) is 0.407. The predicted molar refractivity (Wildman–Crippen MR) is 80.4 cm³/mol. The van der Waals surface area contributed by atoms with E-state index in [9.17, 15) is 4.79 Å². The maximum atomic E-state index is 11.5. The van der Waals surface area contributed by atoms with E-state index >= 15 is 0 Å². The topological polar surface area (TPSA) is 74.2 Å². The number of ether oxygens (including phenoxy) is 1. The Kier molecular flexibility index (Phi) is 7.05. The molecule has 0 fully saturated rings. The number of amides is 1. The van der Waals surface area contributed by atoms with Crippen molar-refractivity contribution in [2.24, 2.45) is 0 Å². The molecule has 0 unspecified atom stereocenters. The van der Waals surface area contributed by atoms with Crippen molar-refractivity contribution >= 4 is 21.8 Å². The summed E-state index contributed by atoms with van der Waals surface area (Å²) in [6.07, 6.45) is 0. The molecule has 0 aromatic heterocycles. The van der Waals surface area contributed by atoms with Crippen LogP contribution in [0.3, 0.4) is 0 Å². The van der Waals surface area contributed by atoms with E-state index < -0.39 is 0 Å². The third-order valence-corrected chi connectivity index (χ3v) is 3.05. The Morgan fingerprint density at radius 1 is 1.50 bits per heavy atom. The highest BCUT2D eigenvalue weighted by Crippen LogP contribution is 2.28. The molecule has 20 heavy (non-hydrogen) atoms. The summed E-state index contributed by atoms with van der Waals surface area (Å²) in [6, 6.07) is 5.76. The number of aryl methyl sites for hydroxylation is 1. The summed E-state index contributed by atoms with van der Waals surface area (Å²) < 4.78 is 6.57. The quantitative estimate of drug-likeness (QED) is 0.744. The number of nitriles is 1. The highest BCUT2D eigenvalue weighted by atomic mass is 79.9. The van der Waals surface area contributed by atoms with Gasteiger partial charge in [0.2, 0.25) is 0 Å². The van der Waals surface area contributed by atoms with Crippen molar-refractivity contribution in [2.75, 3.05) is 19.7 Å². The molecule has 0 radical (unpaired) electrons. The standard InChI is InChI=1S/C14H18BrN3O2/c1-3-17-8-11-7-12(15)6-10(2)14(11)20-9-13(19)18-5-4-16/h6-7,17H,3,5,8-9H2,1-2H3,(H,18,19). The molecule has 1 amide bonds. The molecule has 1 aromatic rings. The molecule has 0 saturated carbocycles. The van der Waals surface area contributed by atoms with E-state index in [0.717, 1.165) is 22.1 Å². The summed E-state index contributed by atoms with van der Waals surface area (Å²) in [7, 11) is 0. The van der Waals surface area contributed by atoms with Crippen molar-refractivity contribution in [1.82, 2.24) is 10.6 Å². The fourth-order valence-electron chi connectivity index (χ4n) is 1.72. The van der Waals surface area contributed by atoms with E-state index in [-0.39, 0.29) is 19.1 Å². The van der Waals surface area contributed by atoms with Crippen molar-refractivity contribution in [3.63, 3.8) is 0 Å². The lowest BCUT2D eigenvalue weighted by atomic mass is 10.1. The third-order valence-electron chi connectivity index (χ3n) is 2.59. The van der Waals surface area contributed by atoms with Crippen molar-refractivity contribution in [3.05, 3.63) is 27.7 Å². The zero-order valence-corrected chi connectivity index (χ0v) is 13.2. The average molecular weight is 340 g/mol. The fourth-order valence-corrected chi connectivity index (χ4v) is 2.34. The van der Waals surface area contributed by atoms with Gasteiger partial charge in [0.15, 0.2) is 6.61 Å². The monoisotopic (exact) mass is 339 g/mol. The second-order valence-electron chi connectivity index (χ2n) is 4.21. The van der Waals surface area contributed by atoms with Crippen LogP contribution < -0.4 is 15.4 Å². The van der Waals surface area contributed by atoms with Gasteiger partial charge in [-0.3, -0.25) is 4.79 Å². The SMILES string of the molecule is CCNCc1cc(Br)cc(C)c1OCC(=O)NCC#N. The zero-order valence-electron chi connectivity index (χ0n) is 11.6. The van der Waals surface area contributed by atoms with Crippen molar-refractivity contribution in [1.29, 1.82) is 5.26 Å². The number of nitrogens with one attached hydrogen (secondary N) is 2. The normalized spacial score (nSPS) is 9.90. The van der Waals surface area contributed by atoms with Gasteiger partial charge in [-0.1, -0.05) is 22.9 Å². The summed E-state index contributed by atoms with van der Waals surface area (Å²) >= 11 is 3.45. The molecule has 6 heteroatoms. The molecule has 0 bridgehead atoms. The number of halogens is 1. The molecule has 0 heterocycles. The largest absolute Gasteiger partial charge is 0.483 e. The van der Waals surface area contributed by atoms with Gasteiger partial charge in [0, 0.05) is 16.6 Å². The first kappa shape index (κ1) is 16.5. The van der Waals surface area contributed by atoms with Gasteiger partial charge in [-0.05, 0) is 31.2 Å². The number of nitrogens with zero attached hydrogens (tertiary/aromatic N) is 1. The number of benzene rings is 1. The van der Waals surface area contributed by atoms with Crippen LogP contribution in [0.1, 0.15) is 18.1 Å². The van der Waals surface area contributed by atoms with Gasteiger partial charge in [-0.15, -0.1) is 0 Å². The third kappa shape index (κ3) is 5.19. The van der Waals surface area contributed by atoms with E-state index in [1.54, 1.807) is 0 Å². The molecule has 0 aliphatic carbocycles. The van der Waals surface area contributed by atoms with E-state index in [0.29, 0.717) is 12.3 Å². The first-order chi connectivity index (χ1) is 9.58. The molecule has 1 rings (SSSR count). The van der Waals surface area contributed by atoms with E-state index in [2.05, 4.69) is 26.6 Å². The molecular formula is C14H18BrN3O2.